The molecule has 3 rings (SSSR count). The number of benzene rings is 2. The van der Waals surface area contributed by atoms with Crippen LogP contribution in [0.15, 0.2) is 72.9 Å². The molecule has 0 unspecified atom stereocenters. The lowest BCUT2D eigenvalue weighted by molar-refractivity contribution is -0.119. The lowest BCUT2D eigenvalue weighted by Gasteiger charge is -2.11. The van der Waals surface area contributed by atoms with E-state index in [4.69, 9.17) is 9.47 Å². The summed E-state index contributed by atoms with van der Waals surface area (Å²) < 4.78 is 10.6. The third-order valence-electron chi connectivity index (χ3n) is 4.14. The van der Waals surface area contributed by atoms with E-state index in [0.717, 1.165) is 11.3 Å². The van der Waals surface area contributed by atoms with Gasteiger partial charge in [-0.25, -0.2) is 4.79 Å². The molecule has 0 atom stereocenters. The smallest absolute Gasteiger partial charge is 0.319 e. The van der Waals surface area contributed by atoms with Crippen molar-refractivity contribution in [3.05, 3.63) is 84.2 Å². The predicted octanol–water partition coefficient (Wildman–Crippen LogP) is 3.57. The summed E-state index contributed by atoms with van der Waals surface area (Å²) in [4.78, 5) is 28.1. The molecule has 160 valence electrons. The van der Waals surface area contributed by atoms with Gasteiger partial charge in [-0.2, -0.15) is 0 Å². The summed E-state index contributed by atoms with van der Waals surface area (Å²) in [5.74, 6) is 0.430. The molecule has 0 aliphatic carbocycles. The molecule has 1 aromatic heterocycles. The van der Waals surface area contributed by atoms with Crippen molar-refractivity contribution in [1.29, 1.82) is 0 Å². The fourth-order valence-corrected chi connectivity index (χ4v) is 2.75. The topological polar surface area (TPSA) is 102 Å². The van der Waals surface area contributed by atoms with Crippen molar-refractivity contribution in [2.24, 2.45) is 0 Å². The van der Waals surface area contributed by atoms with Gasteiger partial charge < -0.3 is 25.4 Å². The molecule has 0 spiro atoms. The maximum Gasteiger partial charge on any atom is 0.319 e. The number of amides is 3. The number of methoxy groups -OCH3 is 1. The van der Waals surface area contributed by atoms with Crippen molar-refractivity contribution < 1.29 is 19.1 Å². The number of hydrogen-bond acceptors (Lipinski definition) is 5. The summed E-state index contributed by atoms with van der Waals surface area (Å²) in [6, 6.07) is 19.7. The number of hydrogen-bond donors (Lipinski definition) is 3. The highest BCUT2D eigenvalue weighted by Gasteiger charge is 2.06. The molecular weight excluding hydrogens is 396 g/mol. The van der Waals surface area contributed by atoms with Crippen molar-refractivity contribution in [2.75, 3.05) is 24.4 Å². The molecule has 0 aliphatic heterocycles. The minimum atomic E-state index is -0.361. The van der Waals surface area contributed by atoms with Crippen LogP contribution in [0.2, 0.25) is 0 Å². The Bertz CT molecular complexity index is 1010. The van der Waals surface area contributed by atoms with E-state index in [9.17, 15) is 9.59 Å². The van der Waals surface area contributed by atoms with Crippen molar-refractivity contribution in [2.45, 2.75) is 13.2 Å². The van der Waals surface area contributed by atoms with Crippen LogP contribution in [0.5, 0.6) is 5.75 Å². The Morgan fingerprint density at radius 1 is 0.935 bits per heavy atom. The number of rotatable bonds is 9. The van der Waals surface area contributed by atoms with Crippen LogP contribution < -0.4 is 20.7 Å². The fraction of sp³-hybridized carbons (Fsp3) is 0.174. The second-order valence-electron chi connectivity index (χ2n) is 6.63. The molecule has 8 nitrogen and oxygen atoms in total. The highest BCUT2D eigenvalue weighted by Crippen LogP contribution is 2.16. The number of anilines is 2. The van der Waals surface area contributed by atoms with Crippen LogP contribution in [-0.2, 0) is 22.7 Å². The average molecular weight is 420 g/mol. The van der Waals surface area contributed by atoms with Crippen molar-refractivity contribution in [1.82, 2.24) is 10.3 Å². The maximum absolute atomic E-state index is 12.2. The Morgan fingerprint density at radius 3 is 2.52 bits per heavy atom. The third-order valence-corrected chi connectivity index (χ3v) is 4.14. The van der Waals surface area contributed by atoms with E-state index in [-0.39, 0.29) is 18.5 Å². The van der Waals surface area contributed by atoms with Crippen LogP contribution in [-0.4, -0.2) is 30.6 Å². The number of ether oxygens (including phenoxy) is 2. The fourth-order valence-electron chi connectivity index (χ4n) is 2.75. The van der Waals surface area contributed by atoms with Crippen molar-refractivity contribution in [3.63, 3.8) is 0 Å². The third kappa shape index (κ3) is 7.45. The van der Waals surface area contributed by atoms with E-state index in [2.05, 4.69) is 20.9 Å². The molecule has 3 amide bonds. The van der Waals surface area contributed by atoms with Gasteiger partial charge in [0.1, 0.15) is 19.0 Å². The summed E-state index contributed by atoms with van der Waals surface area (Å²) in [6.07, 6.45) is 1.72. The first-order valence-electron chi connectivity index (χ1n) is 9.68. The normalized spacial score (nSPS) is 10.2. The standard InChI is InChI=1S/C23H24N4O4/c1-30-16-22(28)26-18-8-5-9-19(13-18)27-23(29)25-14-17-6-4-10-21(12-17)31-15-20-7-2-3-11-24-20/h2-13H,14-16H2,1H3,(H,26,28)(H2,25,27,29). The first-order valence-corrected chi connectivity index (χ1v) is 9.68. The van der Waals surface area contributed by atoms with E-state index >= 15 is 0 Å². The summed E-state index contributed by atoms with van der Waals surface area (Å²) in [6.45, 7) is 0.662. The molecule has 1 heterocycles. The highest BCUT2D eigenvalue weighted by molar-refractivity contribution is 5.94. The van der Waals surface area contributed by atoms with E-state index in [1.807, 2.05) is 42.5 Å². The monoisotopic (exact) mass is 420 g/mol. The molecule has 3 N–H and O–H groups in total. The molecular formula is C23H24N4O4. The minimum absolute atomic E-state index is 0.0389. The van der Waals surface area contributed by atoms with Gasteiger partial charge in [-0.15, -0.1) is 0 Å². The number of carbonyl (C=O) groups is 2. The van der Waals surface area contributed by atoms with Gasteiger partial charge in [-0.3, -0.25) is 9.78 Å². The molecule has 2 aromatic carbocycles. The Kier molecular flexibility index (Phi) is 7.96. The van der Waals surface area contributed by atoms with Crippen LogP contribution >= 0.6 is 0 Å². The summed E-state index contributed by atoms with van der Waals surface area (Å²) in [5, 5.41) is 8.24. The summed E-state index contributed by atoms with van der Waals surface area (Å²) in [7, 11) is 1.45. The Labute approximate surface area is 180 Å². The molecule has 0 radical (unpaired) electrons. The van der Waals surface area contributed by atoms with Crippen LogP contribution in [0.4, 0.5) is 16.2 Å². The highest BCUT2D eigenvalue weighted by atomic mass is 16.5. The summed E-state index contributed by atoms with van der Waals surface area (Å²) in [5.41, 5.74) is 2.86. The van der Waals surface area contributed by atoms with Gasteiger partial charge in [0.05, 0.1) is 5.69 Å². The second-order valence-corrected chi connectivity index (χ2v) is 6.63. The van der Waals surface area contributed by atoms with Gasteiger partial charge in [-0.05, 0) is 48.0 Å². The van der Waals surface area contributed by atoms with Crippen LogP contribution in [0.3, 0.4) is 0 Å². The van der Waals surface area contributed by atoms with E-state index < -0.39 is 0 Å². The van der Waals surface area contributed by atoms with E-state index in [1.165, 1.54) is 7.11 Å². The molecule has 31 heavy (non-hydrogen) atoms. The molecule has 0 fully saturated rings. The van der Waals surface area contributed by atoms with Gasteiger partial charge in [0, 0.05) is 31.2 Å². The van der Waals surface area contributed by atoms with Crippen molar-refractivity contribution >= 4 is 23.3 Å². The van der Waals surface area contributed by atoms with Crippen molar-refractivity contribution in [3.8, 4) is 5.75 Å². The number of aromatic nitrogens is 1. The molecule has 0 bridgehead atoms. The van der Waals surface area contributed by atoms with Gasteiger partial charge in [0.25, 0.3) is 0 Å². The largest absolute Gasteiger partial charge is 0.487 e. The number of pyridine rings is 1. The number of carbonyl (C=O) groups excluding carboxylic acids is 2. The van der Waals surface area contributed by atoms with Crippen LogP contribution in [0.25, 0.3) is 0 Å². The molecule has 0 saturated heterocycles. The first kappa shape index (κ1) is 21.8. The Balaban J connectivity index is 1.49. The first-order chi connectivity index (χ1) is 15.1. The lowest BCUT2D eigenvalue weighted by atomic mass is 10.2. The number of nitrogens with one attached hydrogen (secondary N) is 3. The summed E-state index contributed by atoms with van der Waals surface area (Å²) >= 11 is 0. The zero-order valence-electron chi connectivity index (χ0n) is 17.1. The quantitative estimate of drug-likeness (QED) is 0.491. The van der Waals surface area contributed by atoms with Gasteiger partial charge in [0.2, 0.25) is 5.91 Å². The molecule has 0 saturated carbocycles. The van der Waals surface area contributed by atoms with E-state index in [0.29, 0.717) is 30.3 Å². The molecule has 3 aromatic rings. The van der Waals surface area contributed by atoms with E-state index in [1.54, 1.807) is 30.5 Å². The number of urea groups is 1. The molecule has 8 heteroatoms. The zero-order chi connectivity index (χ0) is 21.9. The number of nitrogens with zero attached hydrogens (tertiary/aromatic N) is 1. The minimum Gasteiger partial charge on any atom is -0.487 e. The van der Waals surface area contributed by atoms with Gasteiger partial charge in [0.15, 0.2) is 0 Å². The van der Waals surface area contributed by atoms with Gasteiger partial charge in [-0.1, -0.05) is 24.3 Å². The maximum atomic E-state index is 12.2. The second kappa shape index (κ2) is 11.3. The predicted molar refractivity (Wildman–Crippen MR) is 118 cm³/mol. The van der Waals surface area contributed by atoms with Gasteiger partial charge >= 0.3 is 6.03 Å². The van der Waals surface area contributed by atoms with Crippen LogP contribution in [0.1, 0.15) is 11.3 Å². The average Bonchev–Trinajstić information content (AvgIpc) is 2.78. The molecule has 0 aliphatic rings. The Morgan fingerprint density at radius 2 is 1.74 bits per heavy atom. The zero-order valence-corrected chi connectivity index (χ0v) is 17.1. The van der Waals surface area contributed by atoms with Crippen LogP contribution in [0, 0.1) is 0 Å². The lowest BCUT2D eigenvalue weighted by Crippen LogP contribution is -2.28. The SMILES string of the molecule is COCC(=O)Nc1cccc(NC(=O)NCc2cccc(OCc3ccccn3)c2)c1. The Hall–Kier alpha value is -3.91.